The van der Waals surface area contributed by atoms with Crippen molar-refractivity contribution in [3.63, 3.8) is 0 Å². The van der Waals surface area contributed by atoms with E-state index in [0.29, 0.717) is 0 Å². The Morgan fingerprint density at radius 3 is 1.29 bits per heavy atom. The van der Waals surface area contributed by atoms with Crippen molar-refractivity contribution < 1.29 is 20.9 Å². The zero-order valence-corrected chi connectivity index (χ0v) is 26.8. The molecule has 2 aliphatic carbocycles. The van der Waals surface area contributed by atoms with Gasteiger partial charge in [0.1, 0.15) is 0 Å². The smallest absolute Gasteiger partial charge is 0.0238 e. The van der Waals surface area contributed by atoms with Crippen molar-refractivity contribution in [1.29, 1.82) is 0 Å². The second kappa shape index (κ2) is 12.5. The standard InChI is InChI=1S/C14H14.2C10H9.C2H7Si.Zr/c1-3-7-13(8-4-1)11-12-14-9-5-2-6-10-14;2*1-8-6-9-4-2-3-5-10(9)7-8;1-3-2;/h1-10H,11-12H2;2*2-7H,1H3;3H,1-2H3;. The Kier molecular flexibility index (Phi) is 8.93. The van der Waals surface area contributed by atoms with Gasteiger partial charge in [-0.25, -0.2) is 0 Å². The van der Waals surface area contributed by atoms with Gasteiger partial charge in [-0.2, -0.15) is 0 Å². The fourth-order valence-corrected chi connectivity index (χ4v) is 29.5. The predicted octanol–water partition coefficient (Wildman–Crippen LogP) is 9.38. The van der Waals surface area contributed by atoms with Gasteiger partial charge in [-0.1, -0.05) is 60.7 Å². The molecule has 0 saturated heterocycles. The van der Waals surface area contributed by atoms with Crippen molar-refractivity contribution in [2.75, 3.05) is 0 Å². The Hall–Kier alpha value is -2.54. The summed E-state index contributed by atoms with van der Waals surface area (Å²) in [5.74, 6) is -0.671. The van der Waals surface area contributed by atoms with Crippen molar-refractivity contribution in [3.05, 3.63) is 154 Å². The van der Waals surface area contributed by atoms with Crippen LogP contribution in [0.5, 0.6) is 0 Å². The van der Waals surface area contributed by atoms with Crippen LogP contribution in [-0.4, -0.2) is 5.92 Å². The summed E-state index contributed by atoms with van der Waals surface area (Å²) in [6, 6.07) is 39.6. The van der Waals surface area contributed by atoms with Crippen molar-refractivity contribution >= 4 is 18.1 Å². The molecule has 0 fully saturated rings. The average molecular weight is 591 g/mol. The number of rotatable bonds is 6. The van der Waals surface area contributed by atoms with Crippen molar-refractivity contribution in [2.45, 2.75) is 47.0 Å². The molecule has 0 spiro atoms. The average Bonchev–Trinajstić information content (AvgIpc) is 3.45. The van der Waals surface area contributed by atoms with E-state index in [4.69, 9.17) is 0 Å². The maximum atomic E-state index is 2.62. The third-order valence-corrected chi connectivity index (χ3v) is 30.2. The molecule has 0 aromatic heterocycles. The summed E-state index contributed by atoms with van der Waals surface area (Å²) in [5.41, 5.74) is 12.4. The maximum absolute atomic E-state index is 2.62. The number of allylic oxidation sites excluding steroid dienone is 2. The van der Waals surface area contributed by atoms with E-state index in [2.05, 4.69) is 148 Å². The van der Waals surface area contributed by atoms with Gasteiger partial charge in [0.2, 0.25) is 0 Å². The Morgan fingerprint density at radius 1 is 0.526 bits per heavy atom. The first-order valence-electron chi connectivity index (χ1n) is 14.0. The second-order valence-electron chi connectivity index (χ2n) is 11.0. The molecule has 4 aromatic carbocycles. The van der Waals surface area contributed by atoms with Crippen molar-refractivity contribution in [3.8, 4) is 0 Å². The fourth-order valence-electron chi connectivity index (χ4n) is 6.25. The molecule has 4 aromatic rings. The topological polar surface area (TPSA) is 0 Å². The fraction of sp³-hybridized carbons (Fsp3) is 0.222. The SMILES string of the molecule is CC1=Cc2ccccc2[CH]1[Zr]([CH]1C(C)=Cc2ccccc21)[SiH](C)C.c1ccc(CCc2ccccc2)cc1. The first-order valence-corrected chi connectivity index (χ1v) is 24.0. The first kappa shape index (κ1) is 27.0. The van der Waals surface area contributed by atoms with E-state index in [9.17, 15) is 0 Å². The molecule has 0 nitrogen and oxygen atoms in total. The van der Waals surface area contributed by atoms with Crippen LogP contribution in [0.3, 0.4) is 0 Å². The van der Waals surface area contributed by atoms with Gasteiger partial charge in [0.15, 0.2) is 0 Å². The monoisotopic (exact) mass is 589 g/mol. The summed E-state index contributed by atoms with van der Waals surface area (Å²) in [4.78, 5) is 0. The van der Waals surface area contributed by atoms with Gasteiger partial charge in [-0.15, -0.1) is 0 Å². The number of hydrogen-bond donors (Lipinski definition) is 0. The summed E-state index contributed by atoms with van der Waals surface area (Å²) in [5, 5.41) is 0. The predicted molar refractivity (Wildman–Crippen MR) is 165 cm³/mol. The molecular weight excluding hydrogens is 552 g/mol. The van der Waals surface area contributed by atoms with Crippen LogP contribution in [0.4, 0.5) is 0 Å². The van der Waals surface area contributed by atoms with E-state index in [1.54, 1.807) is 22.3 Å². The van der Waals surface area contributed by atoms with E-state index < -0.39 is 26.8 Å². The molecule has 2 atom stereocenters. The summed E-state index contributed by atoms with van der Waals surface area (Å²) in [7, 11) is 0. The third kappa shape index (κ3) is 6.03. The van der Waals surface area contributed by atoms with Crippen LogP contribution in [-0.2, 0) is 33.8 Å². The summed E-state index contributed by atoms with van der Waals surface area (Å²) in [6.45, 7) is 10.0. The van der Waals surface area contributed by atoms with Crippen molar-refractivity contribution in [1.82, 2.24) is 0 Å². The van der Waals surface area contributed by atoms with Crippen LogP contribution < -0.4 is 0 Å². The Morgan fingerprint density at radius 2 is 0.895 bits per heavy atom. The van der Waals surface area contributed by atoms with Crippen LogP contribution in [0.15, 0.2) is 120 Å². The van der Waals surface area contributed by atoms with Crippen LogP contribution in [0.1, 0.15) is 54.5 Å². The summed E-state index contributed by atoms with van der Waals surface area (Å²) < 4.78 is 1.57. The van der Waals surface area contributed by atoms with Crippen LogP contribution in [0.2, 0.25) is 13.1 Å². The molecule has 0 bridgehead atoms. The van der Waals surface area contributed by atoms with E-state index in [1.165, 1.54) is 22.3 Å². The molecule has 0 saturated carbocycles. The van der Waals surface area contributed by atoms with Crippen LogP contribution in [0.25, 0.3) is 12.2 Å². The number of fused-ring (bicyclic) bond motifs is 2. The molecule has 38 heavy (non-hydrogen) atoms. The molecule has 0 amide bonds. The van der Waals surface area contributed by atoms with Crippen LogP contribution in [0, 0.1) is 0 Å². The molecule has 0 N–H and O–H groups in total. The molecule has 0 radical (unpaired) electrons. The van der Waals surface area contributed by atoms with Gasteiger partial charge in [0, 0.05) is 0 Å². The molecule has 0 heterocycles. The largest absolute Gasteiger partial charge is 0.0622 e. The molecule has 191 valence electrons. The van der Waals surface area contributed by atoms with E-state index in [1.807, 2.05) is 0 Å². The number of benzene rings is 4. The normalized spacial score (nSPS) is 17.2. The molecule has 2 heteroatoms. The molecular formula is C36H39SiZr. The van der Waals surface area contributed by atoms with E-state index in [-0.39, 0.29) is 0 Å². The summed E-state index contributed by atoms with van der Waals surface area (Å²) >= 11 is -1.72. The zero-order chi connectivity index (χ0) is 26.5. The molecule has 6 rings (SSSR count). The van der Waals surface area contributed by atoms with E-state index in [0.717, 1.165) is 20.1 Å². The van der Waals surface area contributed by atoms with Gasteiger partial charge in [-0.3, -0.25) is 0 Å². The molecule has 0 aliphatic heterocycles. The van der Waals surface area contributed by atoms with E-state index >= 15 is 0 Å². The van der Waals surface area contributed by atoms with Crippen LogP contribution >= 0.6 is 0 Å². The maximum Gasteiger partial charge on any atom is -0.0238 e. The third-order valence-electron chi connectivity index (χ3n) is 8.01. The minimum absolute atomic E-state index is 0.671. The van der Waals surface area contributed by atoms with Crippen molar-refractivity contribution in [2.24, 2.45) is 0 Å². The van der Waals surface area contributed by atoms with Gasteiger partial charge in [-0.05, 0) is 24.0 Å². The van der Waals surface area contributed by atoms with Gasteiger partial charge in [0.05, 0.1) is 0 Å². The quantitative estimate of drug-likeness (QED) is 0.196. The Balaban J connectivity index is 0.000000179. The minimum atomic E-state index is -1.72. The summed E-state index contributed by atoms with van der Waals surface area (Å²) in [6.07, 6.45) is 7.20. The Bertz CT molecular complexity index is 1310. The van der Waals surface area contributed by atoms with Gasteiger partial charge in [0.25, 0.3) is 0 Å². The molecule has 2 unspecified atom stereocenters. The number of hydrogen-bond acceptors (Lipinski definition) is 0. The first-order chi connectivity index (χ1) is 18.5. The Labute approximate surface area is 238 Å². The van der Waals surface area contributed by atoms with Gasteiger partial charge < -0.3 is 0 Å². The molecule has 2 aliphatic rings. The van der Waals surface area contributed by atoms with Gasteiger partial charge >= 0.3 is 155 Å². The number of aryl methyl sites for hydroxylation is 2. The zero-order valence-electron chi connectivity index (χ0n) is 23.2. The second-order valence-corrected chi connectivity index (χ2v) is 31.1. The minimum Gasteiger partial charge on any atom is -0.0622 e.